The van der Waals surface area contributed by atoms with Gasteiger partial charge in [-0.1, -0.05) is 18.2 Å². The normalized spacial score (nSPS) is 23.3. The van der Waals surface area contributed by atoms with E-state index >= 15 is 0 Å². The number of anilines is 1. The van der Waals surface area contributed by atoms with Gasteiger partial charge in [-0.15, -0.1) is 0 Å². The number of rotatable bonds is 6. The molecule has 0 saturated carbocycles. The molecule has 0 spiro atoms. The Morgan fingerprint density at radius 1 is 1.26 bits per heavy atom. The number of hydrogen-bond acceptors (Lipinski definition) is 8. The maximum atomic E-state index is 13.1. The predicted molar refractivity (Wildman–Crippen MR) is 114 cm³/mol. The number of carbonyl (C=O) groups excluding carboxylic acids is 3. The van der Waals surface area contributed by atoms with Gasteiger partial charge in [-0.05, 0) is 39.3 Å². The van der Waals surface area contributed by atoms with Crippen molar-refractivity contribution in [3.8, 4) is 0 Å². The number of hydrogen-bond donors (Lipinski definition) is 1. The van der Waals surface area contributed by atoms with Crippen molar-refractivity contribution in [1.29, 1.82) is 0 Å². The van der Waals surface area contributed by atoms with Crippen molar-refractivity contribution in [2.45, 2.75) is 57.2 Å². The number of methoxy groups -OCH3 is 1. The van der Waals surface area contributed by atoms with Crippen molar-refractivity contribution in [3.05, 3.63) is 30.3 Å². The third kappa shape index (κ3) is 5.61. The van der Waals surface area contributed by atoms with Crippen LogP contribution < -0.4 is 10.3 Å². The number of nitrogens with zero attached hydrogens (tertiary/aromatic N) is 2. The summed E-state index contributed by atoms with van der Waals surface area (Å²) in [5, 5.41) is 8.86. The van der Waals surface area contributed by atoms with Crippen molar-refractivity contribution in [3.63, 3.8) is 0 Å². The van der Waals surface area contributed by atoms with Gasteiger partial charge in [-0.3, -0.25) is 14.6 Å². The van der Waals surface area contributed by atoms with Crippen LogP contribution in [0.3, 0.4) is 0 Å². The summed E-state index contributed by atoms with van der Waals surface area (Å²) >= 11 is 0. The highest BCUT2D eigenvalue weighted by Crippen LogP contribution is 2.28. The first-order chi connectivity index (χ1) is 14.6. The Morgan fingerprint density at radius 3 is 2.55 bits per heavy atom. The molecule has 9 heteroatoms. The van der Waals surface area contributed by atoms with Gasteiger partial charge < -0.3 is 19.5 Å². The summed E-state index contributed by atoms with van der Waals surface area (Å²) in [7, 11) is 1.30. The molecule has 0 bridgehead atoms. The molecular weight excluding hydrogens is 402 g/mol. The van der Waals surface area contributed by atoms with E-state index in [4.69, 9.17) is 14.2 Å². The lowest BCUT2D eigenvalue weighted by molar-refractivity contribution is -0.156. The number of ether oxygens (including phenoxy) is 3. The van der Waals surface area contributed by atoms with Crippen molar-refractivity contribution >= 4 is 29.2 Å². The van der Waals surface area contributed by atoms with Crippen LogP contribution in [0.4, 0.5) is 5.69 Å². The highest BCUT2D eigenvalue weighted by molar-refractivity contribution is 6.40. The topological polar surface area (TPSA) is 107 Å². The highest BCUT2D eigenvalue weighted by atomic mass is 16.6. The van der Waals surface area contributed by atoms with Crippen molar-refractivity contribution in [1.82, 2.24) is 5.32 Å². The van der Waals surface area contributed by atoms with E-state index in [1.807, 2.05) is 30.3 Å². The van der Waals surface area contributed by atoms with Gasteiger partial charge in [0, 0.05) is 13.0 Å². The quantitative estimate of drug-likeness (QED) is 0.685. The minimum Gasteiger partial charge on any atom is -0.469 e. The predicted octanol–water partition coefficient (Wildman–Crippen LogP) is 1.80. The van der Waals surface area contributed by atoms with E-state index in [0.717, 1.165) is 0 Å². The largest absolute Gasteiger partial charge is 0.469 e. The fourth-order valence-electron chi connectivity index (χ4n) is 3.57. The summed E-state index contributed by atoms with van der Waals surface area (Å²) in [5.74, 6) is -1.34. The molecule has 2 atom stereocenters. The molecule has 2 heterocycles. The molecule has 0 unspecified atom stereocenters. The Morgan fingerprint density at radius 2 is 1.97 bits per heavy atom. The lowest BCUT2D eigenvalue weighted by Gasteiger charge is -2.27. The minimum absolute atomic E-state index is 0.000411. The summed E-state index contributed by atoms with van der Waals surface area (Å²) in [6, 6.07) is 8.37. The first-order valence-corrected chi connectivity index (χ1v) is 10.2. The molecule has 2 aliphatic rings. The van der Waals surface area contributed by atoms with E-state index in [1.165, 1.54) is 12.1 Å². The van der Waals surface area contributed by atoms with E-state index in [9.17, 15) is 14.4 Å². The highest BCUT2D eigenvalue weighted by Gasteiger charge is 2.43. The van der Waals surface area contributed by atoms with Gasteiger partial charge in [0.25, 0.3) is 5.91 Å². The van der Waals surface area contributed by atoms with Crippen LogP contribution in [0, 0.1) is 0 Å². The second kappa shape index (κ2) is 9.05. The monoisotopic (exact) mass is 431 g/mol. The molecule has 9 nitrogen and oxygen atoms in total. The Balaban J connectivity index is 1.82. The van der Waals surface area contributed by atoms with Gasteiger partial charge in [0.2, 0.25) is 0 Å². The summed E-state index contributed by atoms with van der Waals surface area (Å²) < 4.78 is 15.8. The van der Waals surface area contributed by atoms with Gasteiger partial charge in [0.05, 0.1) is 31.4 Å². The average molecular weight is 431 g/mol. The van der Waals surface area contributed by atoms with Crippen LogP contribution in [0.25, 0.3) is 0 Å². The van der Waals surface area contributed by atoms with Crippen LogP contribution >= 0.6 is 0 Å². The van der Waals surface area contributed by atoms with Gasteiger partial charge in [-0.2, -0.15) is 5.10 Å². The Labute approximate surface area is 181 Å². The zero-order valence-corrected chi connectivity index (χ0v) is 18.3. The Hall–Kier alpha value is -2.94. The lowest BCUT2D eigenvalue weighted by Crippen LogP contribution is -2.52. The fourth-order valence-corrected chi connectivity index (χ4v) is 3.57. The number of benzene rings is 1. The minimum atomic E-state index is -0.853. The van der Waals surface area contributed by atoms with Gasteiger partial charge in [0.1, 0.15) is 11.3 Å². The third-order valence-electron chi connectivity index (χ3n) is 5.06. The molecule has 1 fully saturated rings. The average Bonchev–Trinajstić information content (AvgIpc) is 3.35. The first kappa shape index (κ1) is 22.7. The van der Waals surface area contributed by atoms with Crippen molar-refractivity contribution in [2.24, 2.45) is 5.10 Å². The maximum absolute atomic E-state index is 13.1. The standard InChI is InChI=1S/C22H29N3O6/c1-21(2,3)31-20(28)17-12-16(24-25(17)15-8-6-5-7-9-15)19(27)23-22(10-11-30-14-22)13-18(26)29-4/h5-9,17H,10-14H2,1-4H3,(H,23,27)/t17-,22-/m1/s1. The van der Waals surface area contributed by atoms with Crippen LogP contribution in [-0.2, 0) is 28.6 Å². The van der Waals surface area contributed by atoms with E-state index in [0.29, 0.717) is 18.7 Å². The molecule has 0 aromatic heterocycles. The number of para-hydroxylation sites is 1. The van der Waals surface area contributed by atoms with E-state index in [1.54, 1.807) is 20.8 Å². The summed E-state index contributed by atoms with van der Waals surface area (Å²) in [5.41, 5.74) is -0.657. The second-order valence-corrected chi connectivity index (χ2v) is 8.77. The van der Waals surface area contributed by atoms with Crippen LogP contribution in [0.2, 0.25) is 0 Å². The molecular formula is C22H29N3O6. The van der Waals surface area contributed by atoms with E-state index in [-0.39, 0.29) is 25.2 Å². The molecule has 1 aromatic rings. The first-order valence-electron chi connectivity index (χ1n) is 10.2. The van der Waals surface area contributed by atoms with E-state index < -0.39 is 35.0 Å². The summed E-state index contributed by atoms with van der Waals surface area (Å²) in [6.07, 6.45) is 0.574. The zero-order chi connectivity index (χ0) is 22.6. The van der Waals surface area contributed by atoms with E-state index in [2.05, 4.69) is 10.4 Å². The third-order valence-corrected chi connectivity index (χ3v) is 5.06. The molecule has 168 valence electrons. The molecule has 0 aliphatic carbocycles. The van der Waals surface area contributed by atoms with Crippen molar-refractivity contribution < 1.29 is 28.6 Å². The number of nitrogens with one attached hydrogen (secondary N) is 1. The molecule has 1 amide bonds. The fraction of sp³-hybridized carbons (Fsp3) is 0.545. The van der Waals surface area contributed by atoms with Crippen molar-refractivity contribution in [2.75, 3.05) is 25.3 Å². The number of amides is 1. The zero-order valence-electron chi connectivity index (χ0n) is 18.3. The van der Waals surface area contributed by atoms with Gasteiger partial charge in [-0.25, -0.2) is 4.79 Å². The number of carbonyl (C=O) groups is 3. The molecule has 1 saturated heterocycles. The molecule has 0 radical (unpaired) electrons. The number of hydrazone groups is 1. The molecule has 2 aliphatic heterocycles. The van der Waals surface area contributed by atoms with Crippen LogP contribution in [-0.4, -0.2) is 61.1 Å². The van der Waals surface area contributed by atoms with Crippen LogP contribution in [0.5, 0.6) is 0 Å². The summed E-state index contributed by atoms with van der Waals surface area (Å²) in [4.78, 5) is 37.8. The number of esters is 2. The van der Waals surface area contributed by atoms with Crippen LogP contribution in [0.15, 0.2) is 35.4 Å². The lowest BCUT2D eigenvalue weighted by atomic mass is 9.93. The smallest absolute Gasteiger partial charge is 0.331 e. The summed E-state index contributed by atoms with van der Waals surface area (Å²) in [6.45, 7) is 6.01. The second-order valence-electron chi connectivity index (χ2n) is 8.77. The molecule has 31 heavy (non-hydrogen) atoms. The molecule has 3 rings (SSSR count). The molecule has 1 N–H and O–H groups in total. The SMILES string of the molecule is COC(=O)C[C@]1(NC(=O)C2=NN(c3ccccc3)[C@@H](C(=O)OC(C)(C)C)C2)CCOC1. The van der Waals surface area contributed by atoms with Gasteiger partial charge in [0.15, 0.2) is 6.04 Å². The van der Waals surface area contributed by atoms with Gasteiger partial charge >= 0.3 is 11.9 Å². The van der Waals surface area contributed by atoms with Crippen LogP contribution in [0.1, 0.15) is 40.0 Å². The maximum Gasteiger partial charge on any atom is 0.331 e. The molecule has 1 aromatic carbocycles. The Kier molecular flexibility index (Phi) is 6.64. The Bertz CT molecular complexity index is 856.